The Morgan fingerprint density at radius 3 is 2.73 bits per heavy atom. The quantitative estimate of drug-likeness (QED) is 0.419. The van der Waals surface area contributed by atoms with Crippen molar-refractivity contribution in [2.75, 3.05) is 0 Å². The zero-order valence-electron chi connectivity index (χ0n) is 18.9. The van der Waals surface area contributed by atoms with Gasteiger partial charge in [0.15, 0.2) is 0 Å². The fourth-order valence-corrected chi connectivity index (χ4v) is 3.39. The van der Waals surface area contributed by atoms with Crippen LogP contribution in [0.1, 0.15) is 38.2 Å². The van der Waals surface area contributed by atoms with Crippen LogP contribution in [-0.4, -0.2) is 46.9 Å². The average molecular weight is 444 g/mol. The lowest BCUT2D eigenvalue weighted by Gasteiger charge is -2.17. The highest BCUT2D eigenvalue weighted by Gasteiger charge is 2.21. The van der Waals surface area contributed by atoms with Crippen LogP contribution in [0.4, 0.5) is 0 Å². The minimum absolute atomic E-state index is 0.227. The van der Waals surface area contributed by atoms with Gasteiger partial charge < -0.3 is 15.4 Å². The van der Waals surface area contributed by atoms with Gasteiger partial charge in [-0.15, -0.1) is 0 Å². The number of nitrogens with one attached hydrogen (secondary N) is 2. The molecule has 0 aromatic carbocycles. The average Bonchev–Trinajstić information content (AvgIpc) is 3.38. The van der Waals surface area contributed by atoms with E-state index in [1.807, 2.05) is 30.5 Å². The van der Waals surface area contributed by atoms with E-state index in [1.165, 1.54) is 0 Å². The van der Waals surface area contributed by atoms with Crippen molar-refractivity contribution in [1.82, 2.24) is 30.0 Å². The molecular weight excluding hydrogens is 418 g/mol. The number of fused-ring (bicyclic) bond motifs is 1. The van der Waals surface area contributed by atoms with Crippen LogP contribution in [-0.2, 0) is 6.54 Å². The largest absolute Gasteiger partial charge is 0.389 e. The van der Waals surface area contributed by atoms with Crippen LogP contribution >= 0.6 is 0 Å². The van der Waals surface area contributed by atoms with Crippen molar-refractivity contribution < 1.29 is 9.90 Å². The summed E-state index contributed by atoms with van der Waals surface area (Å²) in [4.78, 5) is 24.8. The van der Waals surface area contributed by atoms with Gasteiger partial charge in [-0.2, -0.15) is 10.4 Å². The van der Waals surface area contributed by atoms with Crippen molar-refractivity contribution in [3.05, 3.63) is 54.6 Å². The molecule has 4 rings (SSSR count). The second kappa shape index (κ2) is 8.15. The molecule has 168 valence electrons. The summed E-state index contributed by atoms with van der Waals surface area (Å²) < 4.78 is 1.70. The third-order valence-electron chi connectivity index (χ3n) is 4.95. The molecule has 33 heavy (non-hydrogen) atoms. The number of carbonyl (C=O) groups excluding carboxylic acids is 1. The number of nitriles is 1. The summed E-state index contributed by atoms with van der Waals surface area (Å²) in [6.45, 7) is 7.12. The lowest BCUT2D eigenvalue weighted by molar-refractivity contribution is 0.0577. The van der Waals surface area contributed by atoms with Gasteiger partial charge in [0.2, 0.25) is 0 Å². The molecule has 3 N–H and O–H groups in total. The number of hydrogen-bond donors (Lipinski definition) is 3. The topological polar surface area (TPSA) is 133 Å². The first-order chi connectivity index (χ1) is 15.5. The van der Waals surface area contributed by atoms with Crippen molar-refractivity contribution in [2.45, 2.75) is 45.4 Å². The summed E-state index contributed by atoms with van der Waals surface area (Å²) in [6, 6.07) is 11.1. The van der Waals surface area contributed by atoms with Crippen molar-refractivity contribution in [2.24, 2.45) is 0 Å². The summed E-state index contributed by atoms with van der Waals surface area (Å²) in [7, 11) is 0. The number of rotatable bonds is 6. The Bertz CT molecular complexity index is 1370. The lowest BCUT2D eigenvalue weighted by Crippen LogP contribution is -2.42. The fraction of sp³-hybridized carbons (Fsp3) is 0.292. The fourth-order valence-electron chi connectivity index (χ4n) is 3.39. The number of nitrogens with zero attached hydrogens (tertiary/aromatic N) is 5. The van der Waals surface area contributed by atoms with Crippen LogP contribution in [0.3, 0.4) is 0 Å². The maximum atomic E-state index is 12.5. The Kier molecular flexibility index (Phi) is 5.47. The third kappa shape index (κ3) is 5.07. The standard InChI is InChI=1S/C24H25N7O2/c1-23(2,13-25)30-22(32)19-7-5-6-18(28-19)16-8-15-9-20(29-21(15)26-10-16)17-11-27-31(12-17)14-24(3,4)33/h5-12,33H,14H2,1-4H3,(H,26,29)(H,30,32). The molecule has 0 spiro atoms. The van der Waals surface area contributed by atoms with Gasteiger partial charge >= 0.3 is 0 Å². The highest BCUT2D eigenvalue weighted by Crippen LogP contribution is 2.26. The number of aromatic amines is 1. The van der Waals surface area contributed by atoms with Crippen molar-refractivity contribution in [3.63, 3.8) is 0 Å². The molecule has 1 amide bonds. The van der Waals surface area contributed by atoms with E-state index in [4.69, 9.17) is 5.26 Å². The predicted octanol–water partition coefficient (Wildman–Crippen LogP) is 3.29. The van der Waals surface area contributed by atoms with Gasteiger partial charge in [0.1, 0.15) is 16.9 Å². The molecule has 0 aliphatic heterocycles. The second-order valence-corrected chi connectivity index (χ2v) is 9.18. The highest BCUT2D eigenvalue weighted by molar-refractivity contribution is 5.94. The Hall–Kier alpha value is -4.03. The smallest absolute Gasteiger partial charge is 0.271 e. The maximum Gasteiger partial charge on any atom is 0.271 e. The van der Waals surface area contributed by atoms with E-state index in [9.17, 15) is 9.90 Å². The molecule has 9 nitrogen and oxygen atoms in total. The van der Waals surface area contributed by atoms with E-state index >= 15 is 0 Å². The number of hydrogen-bond acceptors (Lipinski definition) is 6. The van der Waals surface area contributed by atoms with E-state index in [2.05, 4.69) is 25.4 Å². The van der Waals surface area contributed by atoms with Crippen LogP contribution in [0, 0.1) is 11.3 Å². The predicted molar refractivity (Wildman–Crippen MR) is 124 cm³/mol. The summed E-state index contributed by atoms with van der Waals surface area (Å²) in [5.74, 6) is -0.413. The SMILES string of the molecule is CC(C)(O)Cn1cc(-c2cc3cc(-c4cccc(C(=O)NC(C)(C)C#N)n4)cnc3[nH]2)cn1. The Labute approximate surface area is 191 Å². The van der Waals surface area contributed by atoms with Crippen LogP contribution in [0.15, 0.2) is 48.9 Å². The molecule has 4 heterocycles. The Morgan fingerprint density at radius 1 is 1.21 bits per heavy atom. The van der Waals surface area contributed by atoms with Gasteiger partial charge in [-0.1, -0.05) is 6.07 Å². The Balaban J connectivity index is 1.61. The molecule has 0 atom stereocenters. The Morgan fingerprint density at radius 2 is 2.00 bits per heavy atom. The highest BCUT2D eigenvalue weighted by atomic mass is 16.3. The van der Waals surface area contributed by atoms with Crippen LogP contribution in [0.5, 0.6) is 0 Å². The number of aliphatic hydroxyl groups is 1. The molecule has 0 bridgehead atoms. The van der Waals surface area contributed by atoms with E-state index in [0.717, 1.165) is 22.2 Å². The van der Waals surface area contributed by atoms with Gasteiger partial charge in [0, 0.05) is 28.9 Å². The molecule has 0 aliphatic rings. The molecule has 0 fully saturated rings. The van der Waals surface area contributed by atoms with Crippen LogP contribution in [0.25, 0.3) is 33.5 Å². The normalized spacial score (nSPS) is 12.0. The monoisotopic (exact) mass is 443 g/mol. The van der Waals surface area contributed by atoms with Crippen LogP contribution in [0.2, 0.25) is 0 Å². The number of pyridine rings is 2. The molecule has 0 radical (unpaired) electrons. The first-order valence-corrected chi connectivity index (χ1v) is 10.5. The molecule has 0 aliphatic carbocycles. The van der Waals surface area contributed by atoms with E-state index < -0.39 is 17.0 Å². The number of H-pyrrole nitrogens is 1. The second-order valence-electron chi connectivity index (χ2n) is 9.18. The summed E-state index contributed by atoms with van der Waals surface area (Å²) in [5, 5.41) is 27.0. The van der Waals surface area contributed by atoms with Crippen molar-refractivity contribution in [1.29, 1.82) is 5.26 Å². The molecule has 0 unspecified atom stereocenters. The summed E-state index contributed by atoms with van der Waals surface area (Å²) in [6.07, 6.45) is 5.31. The van der Waals surface area contributed by atoms with Gasteiger partial charge in [-0.05, 0) is 52.0 Å². The number of aromatic nitrogens is 5. The maximum absolute atomic E-state index is 12.5. The van der Waals surface area contributed by atoms with Crippen molar-refractivity contribution >= 4 is 16.9 Å². The third-order valence-corrected chi connectivity index (χ3v) is 4.95. The number of carbonyl (C=O) groups is 1. The first kappa shape index (κ1) is 22.2. The minimum Gasteiger partial charge on any atom is -0.389 e. The minimum atomic E-state index is -0.989. The van der Waals surface area contributed by atoms with Crippen LogP contribution < -0.4 is 5.32 Å². The molecule has 0 saturated heterocycles. The molecule has 4 aromatic rings. The van der Waals surface area contributed by atoms with Gasteiger partial charge in [-0.3, -0.25) is 9.48 Å². The van der Waals surface area contributed by atoms with Gasteiger partial charge in [0.05, 0.1) is 35.8 Å². The van der Waals surface area contributed by atoms with Crippen molar-refractivity contribution in [3.8, 4) is 28.6 Å². The molecule has 0 saturated carbocycles. The van der Waals surface area contributed by atoms with E-state index in [-0.39, 0.29) is 5.69 Å². The number of amides is 1. The van der Waals surface area contributed by atoms with E-state index in [1.54, 1.807) is 56.9 Å². The summed E-state index contributed by atoms with van der Waals surface area (Å²) in [5.41, 5.74) is 2.21. The molecule has 9 heteroatoms. The lowest BCUT2D eigenvalue weighted by atomic mass is 10.1. The zero-order chi connectivity index (χ0) is 23.8. The zero-order valence-corrected chi connectivity index (χ0v) is 18.9. The first-order valence-electron chi connectivity index (χ1n) is 10.5. The molecular formula is C24H25N7O2. The summed E-state index contributed by atoms with van der Waals surface area (Å²) >= 11 is 0. The van der Waals surface area contributed by atoms with E-state index in [0.29, 0.717) is 17.9 Å². The van der Waals surface area contributed by atoms with Gasteiger partial charge in [-0.25, -0.2) is 9.97 Å². The molecule has 4 aromatic heterocycles. The van der Waals surface area contributed by atoms with Gasteiger partial charge in [0.25, 0.3) is 5.91 Å².